The van der Waals surface area contributed by atoms with Crippen molar-refractivity contribution in [3.63, 3.8) is 0 Å². The molecule has 1 aromatic carbocycles. The Labute approximate surface area is 177 Å². The first kappa shape index (κ1) is 20.1. The Hall–Kier alpha value is -3.20. The summed E-state index contributed by atoms with van der Waals surface area (Å²) in [5.41, 5.74) is 1.05. The van der Waals surface area contributed by atoms with E-state index in [2.05, 4.69) is 19.9 Å². The van der Waals surface area contributed by atoms with Crippen LogP contribution in [0.4, 0.5) is 10.1 Å². The molecule has 4 rings (SSSR count). The molecule has 0 bridgehead atoms. The van der Waals surface area contributed by atoms with Crippen LogP contribution in [0, 0.1) is 5.82 Å². The highest BCUT2D eigenvalue weighted by Gasteiger charge is 2.35. The highest BCUT2D eigenvalue weighted by Crippen LogP contribution is 2.30. The van der Waals surface area contributed by atoms with E-state index in [1.54, 1.807) is 24.5 Å². The molecule has 1 unspecified atom stereocenters. The van der Waals surface area contributed by atoms with Gasteiger partial charge in [-0.2, -0.15) is 0 Å². The van der Waals surface area contributed by atoms with E-state index < -0.39 is 17.8 Å². The number of rotatable bonds is 6. The van der Waals surface area contributed by atoms with Crippen LogP contribution >= 0.6 is 11.5 Å². The summed E-state index contributed by atoms with van der Waals surface area (Å²) in [6.45, 7) is 0. The molecule has 2 amide bonds. The van der Waals surface area contributed by atoms with Gasteiger partial charge in [0.15, 0.2) is 5.69 Å². The molecular formula is C21H20FN5O2S. The van der Waals surface area contributed by atoms with Gasteiger partial charge in [0.25, 0.3) is 5.91 Å². The molecule has 1 fully saturated rings. The summed E-state index contributed by atoms with van der Waals surface area (Å²) < 4.78 is 17.3. The highest BCUT2D eigenvalue weighted by atomic mass is 32.1. The summed E-state index contributed by atoms with van der Waals surface area (Å²) in [7, 11) is 0. The van der Waals surface area contributed by atoms with E-state index in [-0.39, 0.29) is 17.6 Å². The molecule has 0 radical (unpaired) electrons. The van der Waals surface area contributed by atoms with Crippen molar-refractivity contribution in [3.8, 4) is 0 Å². The molecule has 2 heterocycles. The van der Waals surface area contributed by atoms with Gasteiger partial charge >= 0.3 is 0 Å². The Bertz CT molecular complexity index is 992. The van der Waals surface area contributed by atoms with Crippen LogP contribution in [0.15, 0.2) is 54.2 Å². The van der Waals surface area contributed by atoms with Gasteiger partial charge in [0.05, 0.1) is 0 Å². The van der Waals surface area contributed by atoms with Crippen molar-refractivity contribution < 1.29 is 14.0 Å². The zero-order chi connectivity index (χ0) is 20.9. The molecule has 1 N–H and O–H groups in total. The number of amides is 2. The van der Waals surface area contributed by atoms with Gasteiger partial charge in [-0.05, 0) is 54.7 Å². The molecular weight excluding hydrogens is 405 g/mol. The third kappa shape index (κ3) is 4.35. The summed E-state index contributed by atoms with van der Waals surface area (Å²) in [5, 5.41) is 8.47. The summed E-state index contributed by atoms with van der Waals surface area (Å²) in [6.07, 6.45) is 7.10. The number of anilines is 1. The fourth-order valence-corrected chi connectivity index (χ4v) is 4.10. The van der Waals surface area contributed by atoms with Gasteiger partial charge in [0.1, 0.15) is 11.9 Å². The monoisotopic (exact) mass is 425 g/mol. The van der Waals surface area contributed by atoms with Crippen molar-refractivity contribution in [2.24, 2.45) is 0 Å². The van der Waals surface area contributed by atoms with Gasteiger partial charge < -0.3 is 5.32 Å². The quantitative estimate of drug-likeness (QED) is 0.653. The molecule has 154 valence electrons. The SMILES string of the molecule is O=C(NC1CCCC1)C(c1cccnc1)N(C(=O)c1csnn1)c1ccc(F)cc1. The Kier molecular flexibility index (Phi) is 6.08. The molecule has 0 aliphatic heterocycles. The predicted molar refractivity (Wildman–Crippen MR) is 110 cm³/mol. The van der Waals surface area contributed by atoms with Gasteiger partial charge in [-0.25, -0.2) is 4.39 Å². The van der Waals surface area contributed by atoms with Gasteiger partial charge in [0.2, 0.25) is 5.91 Å². The molecule has 1 atom stereocenters. The van der Waals surface area contributed by atoms with Gasteiger partial charge in [-0.3, -0.25) is 19.5 Å². The van der Waals surface area contributed by atoms with Crippen LogP contribution in [0.25, 0.3) is 0 Å². The Morgan fingerprint density at radius 3 is 2.57 bits per heavy atom. The predicted octanol–water partition coefficient (Wildman–Crippen LogP) is 3.52. The van der Waals surface area contributed by atoms with E-state index in [0.29, 0.717) is 11.3 Å². The standard InChI is InChI=1S/C21H20FN5O2S/c22-15-7-9-17(10-8-15)27(21(29)18-13-30-26-25-18)19(14-4-3-11-23-12-14)20(28)24-16-5-1-2-6-16/h3-4,7-13,16,19H,1-2,5-6H2,(H,24,28). The maximum absolute atomic E-state index is 13.6. The van der Waals surface area contributed by atoms with E-state index in [1.807, 2.05) is 0 Å². The minimum absolute atomic E-state index is 0.0720. The normalized spacial score (nSPS) is 15.0. The van der Waals surface area contributed by atoms with Crippen LogP contribution in [0.3, 0.4) is 0 Å². The van der Waals surface area contributed by atoms with Crippen molar-refractivity contribution in [2.45, 2.75) is 37.8 Å². The second-order valence-corrected chi connectivity index (χ2v) is 7.73. The molecule has 3 aromatic rings. The second-order valence-electron chi connectivity index (χ2n) is 7.12. The summed E-state index contributed by atoms with van der Waals surface area (Å²) >= 11 is 1.04. The number of hydrogen-bond donors (Lipinski definition) is 1. The highest BCUT2D eigenvalue weighted by molar-refractivity contribution is 7.03. The number of carbonyl (C=O) groups is 2. The van der Waals surface area contributed by atoms with Crippen LogP contribution in [0.1, 0.15) is 47.8 Å². The van der Waals surface area contributed by atoms with Crippen LogP contribution in [0.2, 0.25) is 0 Å². The van der Waals surface area contributed by atoms with Crippen LogP contribution in [-0.2, 0) is 4.79 Å². The van der Waals surface area contributed by atoms with Gasteiger partial charge in [0, 0.05) is 35.1 Å². The molecule has 1 aliphatic carbocycles. The number of nitrogens with zero attached hydrogens (tertiary/aromatic N) is 4. The third-order valence-corrected chi connectivity index (χ3v) is 5.62. The largest absolute Gasteiger partial charge is 0.351 e. The maximum Gasteiger partial charge on any atom is 0.280 e. The topological polar surface area (TPSA) is 88.1 Å². The smallest absolute Gasteiger partial charge is 0.280 e. The summed E-state index contributed by atoms with van der Waals surface area (Å²) in [4.78, 5) is 32.3. The Morgan fingerprint density at radius 2 is 1.93 bits per heavy atom. The van der Waals surface area contributed by atoms with Crippen molar-refractivity contribution in [1.29, 1.82) is 0 Å². The molecule has 0 saturated heterocycles. The van der Waals surface area contributed by atoms with E-state index >= 15 is 0 Å². The first-order valence-corrected chi connectivity index (χ1v) is 10.5. The Balaban J connectivity index is 1.78. The number of halogens is 1. The summed E-state index contributed by atoms with van der Waals surface area (Å²) in [6, 6.07) is 7.99. The number of pyridine rings is 1. The molecule has 9 heteroatoms. The van der Waals surface area contributed by atoms with Gasteiger partial charge in [-0.15, -0.1) is 5.10 Å². The number of hydrogen-bond acceptors (Lipinski definition) is 6. The maximum atomic E-state index is 13.6. The molecule has 1 saturated carbocycles. The van der Waals surface area contributed by atoms with Crippen molar-refractivity contribution in [3.05, 3.63) is 71.2 Å². The van der Waals surface area contributed by atoms with E-state index in [4.69, 9.17) is 0 Å². The van der Waals surface area contributed by atoms with Crippen molar-refractivity contribution in [1.82, 2.24) is 19.9 Å². The average molecular weight is 425 g/mol. The first-order chi connectivity index (χ1) is 14.6. The third-order valence-electron chi connectivity index (χ3n) is 5.11. The molecule has 1 aliphatic rings. The van der Waals surface area contributed by atoms with Crippen LogP contribution in [0.5, 0.6) is 0 Å². The minimum Gasteiger partial charge on any atom is -0.351 e. The Morgan fingerprint density at radius 1 is 1.17 bits per heavy atom. The lowest BCUT2D eigenvalue weighted by Gasteiger charge is -2.31. The van der Waals surface area contributed by atoms with E-state index in [0.717, 1.165) is 37.2 Å². The minimum atomic E-state index is -0.987. The zero-order valence-corrected chi connectivity index (χ0v) is 16.9. The average Bonchev–Trinajstić information content (AvgIpc) is 3.47. The van der Waals surface area contributed by atoms with Crippen LogP contribution in [-0.4, -0.2) is 32.4 Å². The van der Waals surface area contributed by atoms with Crippen LogP contribution < -0.4 is 10.2 Å². The van der Waals surface area contributed by atoms with Crippen molar-refractivity contribution in [2.75, 3.05) is 4.90 Å². The summed E-state index contributed by atoms with van der Waals surface area (Å²) in [5.74, 6) is -1.24. The number of aromatic nitrogens is 3. The fourth-order valence-electron chi connectivity index (χ4n) is 3.67. The lowest BCUT2D eigenvalue weighted by atomic mass is 10.0. The van der Waals surface area contributed by atoms with Gasteiger partial charge in [-0.1, -0.05) is 23.4 Å². The lowest BCUT2D eigenvalue weighted by Crippen LogP contribution is -2.46. The fraction of sp³-hybridized carbons (Fsp3) is 0.286. The van der Waals surface area contributed by atoms with E-state index in [9.17, 15) is 14.0 Å². The lowest BCUT2D eigenvalue weighted by molar-refractivity contribution is -0.123. The molecule has 7 nitrogen and oxygen atoms in total. The zero-order valence-electron chi connectivity index (χ0n) is 16.1. The van der Waals surface area contributed by atoms with Crippen molar-refractivity contribution >= 4 is 29.0 Å². The molecule has 2 aromatic heterocycles. The number of nitrogens with one attached hydrogen (secondary N) is 1. The molecule has 30 heavy (non-hydrogen) atoms. The second kappa shape index (κ2) is 9.08. The van der Waals surface area contributed by atoms with E-state index in [1.165, 1.54) is 34.5 Å². The molecule has 0 spiro atoms. The first-order valence-electron chi connectivity index (χ1n) is 9.70. The number of benzene rings is 1. The number of carbonyl (C=O) groups excluding carboxylic acids is 2.